The van der Waals surface area contributed by atoms with Crippen molar-refractivity contribution in [1.29, 1.82) is 0 Å². The van der Waals surface area contributed by atoms with Gasteiger partial charge < -0.3 is 5.32 Å². The number of carbonyl (C=O) groups is 1. The zero-order valence-corrected chi connectivity index (χ0v) is 13.7. The van der Waals surface area contributed by atoms with Gasteiger partial charge in [-0.05, 0) is 47.5 Å². The molecule has 0 aliphatic rings. The molecule has 2 aromatic carbocycles. The summed E-state index contributed by atoms with van der Waals surface area (Å²) < 4.78 is 13.0. The minimum Gasteiger partial charge on any atom is -0.306 e. The predicted octanol–water partition coefficient (Wildman–Crippen LogP) is 4.17. The summed E-state index contributed by atoms with van der Waals surface area (Å²) in [6, 6.07) is 19.7. The van der Waals surface area contributed by atoms with Crippen LogP contribution in [0.5, 0.6) is 0 Å². The summed E-state index contributed by atoms with van der Waals surface area (Å²) in [5.74, 6) is -0.342. The van der Waals surface area contributed by atoms with Crippen LogP contribution >= 0.6 is 0 Å². The van der Waals surface area contributed by atoms with Crippen LogP contribution in [0.3, 0.4) is 0 Å². The summed E-state index contributed by atoms with van der Waals surface area (Å²) in [4.78, 5) is 16.3. The molecule has 3 rings (SSSR count). The lowest BCUT2D eigenvalue weighted by Gasteiger charge is -2.19. The molecule has 0 bridgehead atoms. The van der Waals surface area contributed by atoms with Crippen molar-refractivity contribution in [3.8, 4) is 0 Å². The van der Waals surface area contributed by atoms with Crippen LogP contribution in [0.15, 0.2) is 79.1 Å². The van der Waals surface area contributed by atoms with Crippen molar-refractivity contribution in [2.75, 3.05) is 6.54 Å². The molecule has 25 heavy (non-hydrogen) atoms. The minimum atomic E-state index is -0.337. The molecule has 4 heteroatoms. The minimum absolute atomic E-state index is 0.00552. The molecular weight excluding hydrogens is 315 g/mol. The van der Waals surface area contributed by atoms with Gasteiger partial charge in [0.05, 0.1) is 6.04 Å². The van der Waals surface area contributed by atoms with Crippen LogP contribution in [0.1, 0.15) is 33.9 Å². The second-order valence-electron chi connectivity index (χ2n) is 5.76. The number of carbonyl (C=O) groups excluding carboxylic acids is 1. The van der Waals surface area contributed by atoms with E-state index in [1.54, 1.807) is 12.4 Å². The topological polar surface area (TPSA) is 42.0 Å². The number of nitrogens with one attached hydrogen (secondary N) is 1. The van der Waals surface area contributed by atoms with E-state index in [4.69, 9.17) is 0 Å². The zero-order valence-electron chi connectivity index (χ0n) is 13.7. The third-order valence-electron chi connectivity index (χ3n) is 4.04. The highest BCUT2D eigenvalue weighted by Crippen LogP contribution is 2.21. The van der Waals surface area contributed by atoms with Gasteiger partial charge in [-0.25, -0.2) is 4.39 Å². The number of hydrogen-bond donors (Lipinski definition) is 1. The molecule has 126 valence electrons. The lowest BCUT2D eigenvalue weighted by atomic mass is 9.99. The molecule has 0 radical (unpaired) electrons. The fraction of sp³-hybridized carbons (Fsp3) is 0.143. The summed E-state index contributed by atoms with van der Waals surface area (Å²) in [5.41, 5.74) is 2.75. The number of Topliss-reactive ketones (excluding diaryl/α,β-unsaturated/α-hetero) is 1. The van der Waals surface area contributed by atoms with E-state index < -0.39 is 0 Å². The van der Waals surface area contributed by atoms with E-state index in [-0.39, 0.29) is 17.6 Å². The fourth-order valence-corrected chi connectivity index (χ4v) is 2.74. The molecule has 3 aromatic rings. The predicted molar refractivity (Wildman–Crippen MR) is 95.9 cm³/mol. The Bertz CT molecular complexity index is 765. The van der Waals surface area contributed by atoms with Gasteiger partial charge in [0.2, 0.25) is 0 Å². The average molecular weight is 334 g/mol. The SMILES string of the molecule is O=C(CCNC(c1ccccc1)c1ccncc1)c1ccc(F)cc1. The summed E-state index contributed by atoms with van der Waals surface area (Å²) >= 11 is 0. The molecule has 3 nitrogen and oxygen atoms in total. The van der Waals surface area contributed by atoms with Gasteiger partial charge in [-0.3, -0.25) is 9.78 Å². The van der Waals surface area contributed by atoms with E-state index in [0.717, 1.165) is 11.1 Å². The molecular formula is C21H19FN2O. The number of halogens is 1. The van der Waals surface area contributed by atoms with Crippen LogP contribution < -0.4 is 5.32 Å². The van der Waals surface area contributed by atoms with Crippen LogP contribution in [0.4, 0.5) is 4.39 Å². The van der Waals surface area contributed by atoms with E-state index in [9.17, 15) is 9.18 Å². The lowest BCUT2D eigenvalue weighted by molar-refractivity contribution is 0.0982. The van der Waals surface area contributed by atoms with Crippen molar-refractivity contribution in [2.24, 2.45) is 0 Å². The van der Waals surface area contributed by atoms with Crippen molar-refractivity contribution < 1.29 is 9.18 Å². The second-order valence-corrected chi connectivity index (χ2v) is 5.76. The molecule has 0 saturated carbocycles. The summed E-state index contributed by atoms with van der Waals surface area (Å²) in [6.07, 6.45) is 3.87. The second kappa shape index (κ2) is 8.31. The molecule has 1 heterocycles. The Kier molecular flexibility index (Phi) is 5.65. The Hall–Kier alpha value is -2.85. The standard InChI is InChI=1S/C21H19FN2O/c22-19-8-6-16(7-9-19)20(25)12-15-24-21(17-4-2-1-3-5-17)18-10-13-23-14-11-18/h1-11,13-14,21,24H,12,15H2. The largest absolute Gasteiger partial charge is 0.306 e. The van der Waals surface area contributed by atoms with Gasteiger partial charge in [-0.15, -0.1) is 0 Å². The fourth-order valence-electron chi connectivity index (χ4n) is 2.74. The Morgan fingerprint density at radius 3 is 2.24 bits per heavy atom. The Labute approximate surface area is 146 Å². The number of rotatable bonds is 7. The Morgan fingerprint density at radius 2 is 1.56 bits per heavy atom. The van der Waals surface area contributed by atoms with Crippen molar-refractivity contribution in [1.82, 2.24) is 10.3 Å². The number of aromatic nitrogens is 1. The summed E-state index contributed by atoms with van der Waals surface area (Å²) in [7, 11) is 0. The van der Waals surface area contributed by atoms with E-state index in [1.165, 1.54) is 24.3 Å². The van der Waals surface area contributed by atoms with Gasteiger partial charge in [0.25, 0.3) is 0 Å². The zero-order chi connectivity index (χ0) is 17.5. The van der Waals surface area contributed by atoms with E-state index in [2.05, 4.69) is 22.4 Å². The van der Waals surface area contributed by atoms with Crippen molar-refractivity contribution in [3.05, 3.63) is 102 Å². The number of nitrogens with zero attached hydrogens (tertiary/aromatic N) is 1. The Morgan fingerprint density at radius 1 is 0.920 bits per heavy atom. The highest BCUT2D eigenvalue weighted by Gasteiger charge is 2.14. The van der Waals surface area contributed by atoms with Gasteiger partial charge in [-0.1, -0.05) is 30.3 Å². The molecule has 0 aliphatic carbocycles. The van der Waals surface area contributed by atoms with E-state index in [1.807, 2.05) is 30.3 Å². The van der Waals surface area contributed by atoms with Gasteiger partial charge >= 0.3 is 0 Å². The third kappa shape index (κ3) is 4.58. The number of pyridine rings is 1. The highest BCUT2D eigenvalue weighted by atomic mass is 19.1. The first-order valence-electron chi connectivity index (χ1n) is 8.21. The molecule has 1 unspecified atom stereocenters. The van der Waals surface area contributed by atoms with E-state index >= 15 is 0 Å². The van der Waals surface area contributed by atoms with Gasteiger partial charge in [0.1, 0.15) is 5.82 Å². The highest BCUT2D eigenvalue weighted by molar-refractivity contribution is 5.96. The van der Waals surface area contributed by atoms with Crippen LogP contribution in [0, 0.1) is 5.82 Å². The smallest absolute Gasteiger partial charge is 0.164 e. The first kappa shape index (κ1) is 17.0. The van der Waals surface area contributed by atoms with Crippen molar-refractivity contribution >= 4 is 5.78 Å². The van der Waals surface area contributed by atoms with Crippen LogP contribution in [0.2, 0.25) is 0 Å². The third-order valence-corrected chi connectivity index (χ3v) is 4.04. The maximum Gasteiger partial charge on any atom is 0.164 e. The molecule has 0 spiro atoms. The number of hydrogen-bond acceptors (Lipinski definition) is 3. The maximum atomic E-state index is 13.0. The van der Waals surface area contributed by atoms with Crippen LogP contribution in [-0.4, -0.2) is 17.3 Å². The average Bonchev–Trinajstić information content (AvgIpc) is 2.67. The molecule has 0 amide bonds. The summed E-state index contributed by atoms with van der Waals surface area (Å²) in [5, 5.41) is 3.44. The summed E-state index contributed by atoms with van der Waals surface area (Å²) in [6.45, 7) is 0.526. The maximum absolute atomic E-state index is 13.0. The van der Waals surface area contributed by atoms with Crippen LogP contribution in [0.25, 0.3) is 0 Å². The molecule has 1 atom stereocenters. The number of benzene rings is 2. The molecule has 1 aromatic heterocycles. The monoisotopic (exact) mass is 334 g/mol. The van der Waals surface area contributed by atoms with Gasteiger partial charge in [0.15, 0.2) is 5.78 Å². The van der Waals surface area contributed by atoms with Crippen molar-refractivity contribution in [3.63, 3.8) is 0 Å². The van der Waals surface area contributed by atoms with Gasteiger partial charge in [-0.2, -0.15) is 0 Å². The van der Waals surface area contributed by atoms with Crippen molar-refractivity contribution in [2.45, 2.75) is 12.5 Å². The first-order valence-corrected chi connectivity index (χ1v) is 8.21. The first-order chi connectivity index (χ1) is 12.2. The quantitative estimate of drug-likeness (QED) is 0.659. The molecule has 0 saturated heterocycles. The Balaban J connectivity index is 1.67. The molecule has 0 fully saturated rings. The normalized spacial score (nSPS) is 11.9. The molecule has 1 N–H and O–H groups in total. The van der Waals surface area contributed by atoms with Crippen LogP contribution in [-0.2, 0) is 0 Å². The molecule has 0 aliphatic heterocycles. The van der Waals surface area contributed by atoms with E-state index in [0.29, 0.717) is 18.5 Å². The lowest BCUT2D eigenvalue weighted by Crippen LogP contribution is -2.25. The van der Waals surface area contributed by atoms with Gasteiger partial charge in [0, 0.05) is 30.9 Å². The number of ketones is 1.